The van der Waals surface area contributed by atoms with Crippen molar-refractivity contribution in [2.75, 3.05) is 5.32 Å². The molecule has 0 radical (unpaired) electrons. The van der Waals surface area contributed by atoms with Crippen LogP contribution in [-0.2, 0) is 25.0 Å². The normalized spacial score (nSPS) is 12.4. The number of hydrogen-bond acceptors (Lipinski definition) is 8. The summed E-state index contributed by atoms with van der Waals surface area (Å²) < 4.78 is 66.5. The fraction of sp³-hybridized carbons (Fsp3) is 0.150. The number of nitrogens with one attached hydrogen (secondary N) is 1. The van der Waals surface area contributed by atoms with Crippen molar-refractivity contribution < 1.29 is 35.8 Å². The monoisotopic (exact) mass is 493 g/mol. The van der Waals surface area contributed by atoms with Crippen LogP contribution in [0.2, 0.25) is 0 Å². The van der Waals surface area contributed by atoms with Crippen molar-refractivity contribution >= 4 is 54.0 Å². The van der Waals surface area contributed by atoms with Crippen molar-refractivity contribution in [2.24, 2.45) is 10.2 Å². The zero-order valence-electron chi connectivity index (χ0n) is 17.6. The van der Waals surface area contributed by atoms with Crippen molar-refractivity contribution in [1.29, 1.82) is 0 Å². The molecular weight excluding hydrogens is 474 g/mol. The average Bonchev–Trinajstić information content (AvgIpc) is 2.67. The highest BCUT2D eigenvalue weighted by Crippen LogP contribution is 2.45. The van der Waals surface area contributed by atoms with Gasteiger partial charge in [0.05, 0.1) is 16.3 Å². The van der Waals surface area contributed by atoms with Gasteiger partial charge >= 0.3 is 0 Å². The van der Waals surface area contributed by atoms with E-state index in [-0.39, 0.29) is 16.5 Å². The van der Waals surface area contributed by atoms with Gasteiger partial charge in [0.2, 0.25) is 5.91 Å². The highest BCUT2D eigenvalue weighted by Gasteiger charge is 2.25. The number of rotatable bonds is 5. The smallest absolute Gasteiger partial charge is 0.296 e. The average molecular weight is 494 g/mol. The standard InChI is InChI=1S/C20H19N3O8S2/c1-10-5-4-6-15(11(10)2)22-23-19-17(33(29,30)31)8-13-7-14(32(26,27)28)9-16(21-12(3)24)18(13)20(19)25/h4-9,25H,1-3H3,(H,21,24)(H,26,27,28)(H,29,30,31). The summed E-state index contributed by atoms with van der Waals surface area (Å²) in [6.07, 6.45) is 0. The summed E-state index contributed by atoms with van der Waals surface area (Å²) in [7, 11) is -9.73. The fourth-order valence-corrected chi connectivity index (χ4v) is 4.34. The first-order valence-electron chi connectivity index (χ1n) is 9.24. The fourth-order valence-electron chi connectivity index (χ4n) is 3.14. The summed E-state index contributed by atoms with van der Waals surface area (Å²) >= 11 is 0. The molecule has 0 aliphatic carbocycles. The number of phenolic OH excluding ortho intramolecular Hbond substituents is 1. The van der Waals surface area contributed by atoms with E-state index in [1.165, 1.54) is 0 Å². The molecule has 0 fully saturated rings. The molecule has 3 aromatic rings. The molecule has 0 saturated heterocycles. The van der Waals surface area contributed by atoms with Gasteiger partial charge in [0.1, 0.15) is 10.6 Å². The Morgan fingerprint density at radius 1 is 0.970 bits per heavy atom. The van der Waals surface area contributed by atoms with Gasteiger partial charge in [-0.05, 0) is 54.6 Å². The maximum Gasteiger partial charge on any atom is 0.296 e. The Hall–Kier alpha value is -3.39. The van der Waals surface area contributed by atoms with Gasteiger partial charge in [-0.3, -0.25) is 13.9 Å². The van der Waals surface area contributed by atoms with E-state index in [4.69, 9.17) is 0 Å². The number of hydrogen-bond donors (Lipinski definition) is 4. The first kappa shape index (κ1) is 24.3. The van der Waals surface area contributed by atoms with Crippen LogP contribution in [0.1, 0.15) is 18.1 Å². The van der Waals surface area contributed by atoms with Gasteiger partial charge in [0.25, 0.3) is 20.2 Å². The Balaban J connectivity index is 2.42. The van der Waals surface area contributed by atoms with E-state index in [2.05, 4.69) is 15.5 Å². The molecule has 0 bridgehead atoms. The molecule has 0 spiro atoms. The minimum atomic E-state index is -4.97. The predicted molar refractivity (Wildman–Crippen MR) is 120 cm³/mol. The van der Waals surface area contributed by atoms with E-state index < -0.39 is 47.4 Å². The van der Waals surface area contributed by atoms with E-state index in [9.17, 15) is 35.8 Å². The first-order chi connectivity index (χ1) is 15.2. The third kappa shape index (κ3) is 5.01. The summed E-state index contributed by atoms with van der Waals surface area (Å²) in [5.74, 6) is -1.43. The molecular formula is C20H19N3O8S2. The number of azo groups is 1. The van der Waals surface area contributed by atoms with Gasteiger partial charge in [-0.25, -0.2) is 0 Å². The van der Waals surface area contributed by atoms with Crippen LogP contribution in [-0.4, -0.2) is 37.0 Å². The lowest BCUT2D eigenvalue weighted by Crippen LogP contribution is -2.08. The highest BCUT2D eigenvalue weighted by atomic mass is 32.2. The zero-order chi connectivity index (χ0) is 24.7. The lowest BCUT2D eigenvalue weighted by Gasteiger charge is -2.14. The Bertz CT molecular complexity index is 1550. The molecule has 174 valence electrons. The van der Waals surface area contributed by atoms with Crippen molar-refractivity contribution in [1.82, 2.24) is 0 Å². The minimum absolute atomic E-state index is 0.181. The number of nitrogens with zero attached hydrogens (tertiary/aromatic N) is 2. The largest absolute Gasteiger partial charge is 0.505 e. The second-order valence-corrected chi connectivity index (χ2v) is 10.0. The van der Waals surface area contributed by atoms with Gasteiger partial charge in [-0.15, -0.1) is 5.11 Å². The number of carbonyl (C=O) groups excluding carboxylic acids is 1. The second kappa shape index (κ2) is 8.51. The molecule has 0 aliphatic heterocycles. The molecule has 33 heavy (non-hydrogen) atoms. The van der Waals surface area contributed by atoms with Gasteiger partial charge in [-0.2, -0.15) is 21.9 Å². The van der Waals surface area contributed by atoms with E-state index in [0.717, 1.165) is 36.2 Å². The van der Waals surface area contributed by atoms with Crippen molar-refractivity contribution in [3.05, 3.63) is 47.5 Å². The van der Waals surface area contributed by atoms with Crippen molar-refractivity contribution in [2.45, 2.75) is 30.6 Å². The van der Waals surface area contributed by atoms with Crippen LogP contribution in [0.5, 0.6) is 5.75 Å². The van der Waals surface area contributed by atoms with E-state index in [1.807, 2.05) is 13.0 Å². The molecule has 13 heteroatoms. The molecule has 0 aromatic heterocycles. The molecule has 3 rings (SSSR count). The zero-order valence-corrected chi connectivity index (χ0v) is 19.2. The molecule has 0 unspecified atom stereocenters. The molecule has 0 heterocycles. The Morgan fingerprint density at radius 3 is 2.21 bits per heavy atom. The number of benzene rings is 3. The van der Waals surface area contributed by atoms with Crippen LogP contribution in [0.25, 0.3) is 10.8 Å². The molecule has 1 amide bonds. The topological polar surface area (TPSA) is 183 Å². The molecule has 3 aromatic carbocycles. The van der Waals surface area contributed by atoms with Crippen LogP contribution in [0.15, 0.2) is 56.4 Å². The highest BCUT2D eigenvalue weighted by molar-refractivity contribution is 7.86. The van der Waals surface area contributed by atoms with E-state index in [1.54, 1.807) is 19.1 Å². The Labute approximate surface area is 189 Å². The van der Waals surface area contributed by atoms with Gasteiger partial charge in [-0.1, -0.05) is 12.1 Å². The molecule has 0 atom stereocenters. The number of aromatic hydroxyl groups is 1. The van der Waals surface area contributed by atoms with Crippen LogP contribution in [0, 0.1) is 13.8 Å². The second-order valence-electron chi connectivity index (χ2n) is 7.19. The molecule has 11 nitrogen and oxygen atoms in total. The summed E-state index contributed by atoms with van der Waals surface area (Å²) in [6, 6.07) is 7.75. The number of anilines is 1. The lowest BCUT2D eigenvalue weighted by atomic mass is 10.1. The molecule has 0 saturated carbocycles. The summed E-state index contributed by atoms with van der Waals surface area (Å²) in [5.41, 5.74) is 1.13. The number of carbonyl (C=O) groups is 1. The minimum Gasteiger partial charge on any atom is -0.505 e. The van der Waals surface area contributed by atoms with Gasteiger partial charge in [0, 0.05) is 12.3 Å². The van der Waals surface area contributed by atoms with E-state index >= 15 is 0 Å². The predicted octanol–water partition coefficient (Wildman–Crippen LogP) is 4.03. The molecule has 4 N–H and O–H groups in total. The lowest BCUT2D eigenvalue weighted by molar-refractivity contribution is -0.114. The maximum atomic E-state index is 12.0. The number of aryl methyl sites for hydroxylation is 1. The first-order valence-corrected chi connectivity index (χ1v) is 12.1. The quantitative estimate of drug-likeness (QED) is 0.303. The summed E-state index contributed by atoms with van der Waals surface area (Å²) in [5, 5.41) is 20.6. The van der Waals surface area contributed by atoms with E-state index in [0.29, 0.717) is 5.69 Å². The number of fused-ring (bicyclic) bond motifs is 1. The van der Waals surface area contributed by atoms with Gasteiger partial charge in [0.15, 0.2) is 5.75 Å². The number of phenols is 1. The SMILES string of the molecule is CC(=O)Nc1cc(S(=O)(=O)O)cc2cc(S(=O)(=O)O)c(N=Nc3cccc(C)c3C)c(O)c12. The van der Waals surface area contributed by atoms with Crippen LogP contribution in [0.4, 0.5) is 17.1 Å². The van der Waals surface area contributed by atoms with Crippen LogP contribution in [0.3, 0.4) is 0 Å². The Kier molecular flexibility index (Phi) is 6.26. The third-order valence-corrected chi connectivity index (χ3v) is 6.54. The van der Waals surface area contributed by atoms with Crippen molar-refractivity contribution in [3.63, 3.8) is 0 Å². The van der Waals surface area contributed by atoms with Crippen molar-refractivity contribution in [3.8, 4) is 5.75 Å². The number of amides is 1. The van der Waals surface area contributed by atoms with Gasteiger partial charge < -0.3 is 10.4 Å². The summed E-state index contributed by atoms with van der Waals surface area (Å²) in [6.45, 7) is 4.72. The third-order valence-electron chi connectivity index (χ3n) is 4.84. The summed E-state index contributed by atoms with van der Waals surface area (Å²) in [4.78, 5) is 10.1. The van der Waals surface area contributed by atoms with Crippen LogP contribution >= 0.6 is 0 Å². The molecule has 0 aliphatic rings. The maximum absolute atomic E-state index is 12.0. The Morgan fingerprint density at radius 2 is 1.64 bits per heavy atom. The van der Waals surface area contributed by atoms with Crippen LogP contribution < -0.4 is 5.32 Å².